The van der Waals surface area contributed by atoms with Crippen molar-refractivity contribution < 1.29 is 14.3 Å². The van der Waals surface area contributed by atoms with Gasteiger partial charge < -0.3 is 14.4 Å². The van der Waals surface area contributed by atoms with Crippen LogP contribution in [-0.2, 0) is 0 Å². The Morgan fingerprint density at radius 1 is 1.17 bits per heavy atom. The van der Waals surface area contributed by atoms with E-state index in [-0.39, 0.29) is 12.0 Å². The predicted octanol–water partition coefficient (Wildman–Crippen LogP) is 3.19. The summed E-state index contributed by atoms with van der Waals surface area (Å²) in [5, 5.41) is 0. The number of carbonyl (C=O) groups excluding carboxylic acids is 1. The van der Waals surface area contributed by atoms with Gasteiger partial charge in [-0.1, -0.05) is 30.3 Å². The van der Waals surface area contributed by atoms with E-state index in [4.69, 9.17) is 9.47 Å². The predicted molar refractivity (Wildman–Crippen MR) is 89.2 cm³/mol. The van der Waals surface area contributed by atoms with E-state index in [2.05, 4.69) is 4.90 Å². The Labute approximate surface area is 136 Å². The van der Waals surface area contributed by atoms with Crippen LogP contribution >= 0.6 is 0 Å². The molecular weight excluding hydrogens is 290 g/mol. The lowest BCUT2D eigenvalue weighted by Crippen LogP contribution is -2.36. The molecule has 0 radical (unpaired) electrons. The number of fused-ring (bicyclic) bond motifs is 1. The van der Waals surface area contributed by atoms with E-state index < -0.39 is 0 Å². The van der Waals surface area contributed by atoms with Crippen molar-refractivity contribution in [2.75, 3.05) is 27.2 Å². The third-order valence-corrected chi connectivity index (χ3v) is 4.01. The zero-order valence-corrected chi connectivity index (χ0v) is 13.4. The van der Waals surface area contributed by atoms with E-state index in [1.807, 2.05) is 56.6 Å². The highest BCUT2D eigenvalue weighted by Gasteiger charge is 2.33. The van der Waals surface area contributed by atoms with Crippen LogP contribution in [0.4, 0.5) is 0 Å². The Bertz CT molecular complexity index is 684. The van der Waals surface area contributed by atoms with Gasteiger partial charge in [0, 0.05) is 18.0 Å². The van der Waals surface area contributed by atoms with E-state index in [1.165, 1.54) is 0 Å². The summed E-state index contributed by atoms with van der Waals surface area (Å²) in [6.45, 7) is 1.45. The summed E-state index contributed by atoms with van der Waals surface area (Å²) < 4.78 is 12.2. The molecule has 0 unspecified atom stereocenters. The minimum absolute atomic E-state index is 0.136. The van der Waals surface area contributed by atoms with Crippen LogP contribution in [0.25, 0.3) is 0 Å². The fraction of sp³-hybridized carbons (Fsp3) is 0.316. The average molecular weight is 311 g/mol. The van der Waals surface area contributed by atoms with E-state index in [0.717, 1.165) is 24.1 Å². The van der Waals surface area contributed by atoms with Crippen molar-refractivity contribution in [3.8, 4) is 11.5 Å². The maximum Gasteiger partial charge on any atom is 0.153 e. The molecule has 0 bridgehead atoms. The van der Waals surface area contributed by atoms with E-state index in [1.54, 1.807) is 6.07 Å². The second-order valence-corrected chi connectivity index (χ2v) is 6.07. The van der Waals surface area contributed by atoms with Gasteiger partial charge in [0.25, 0.3) is 0 Å². The molecule has 0 spiro atoms. The Balaban J connectivity index is 1.95. The highest BCUT2D eigenvalue weighted by Crippen LogP contribution is 2.39. The van der Waals surface area contributed by atoms with Crippen molar-refractivity contribution in [3.63, 3.8) is 0 Å². The molecule has 0 aliphatic carbocycles. The van der Waals surface area contributed by atoms with Crippen molar-refractivity contribution in [1.82, 2.24) is 4.90 Å². The molecule has 3 rings (SSSR count). The normalized spacial score (nSPS) is 19.8. The van der Waals surface area contributed by atoms with Crippen LogP contribution < -0.4 is 9.47 Å². The average Bonchev–Trinajstić information content (AvgIpc) is 2.57. The number of carbonyl (C=O) groups is 1. The van der Waals surface area contributed by atoms with Crippen LogP contribution in [0.1, 0.15) is 22.0 Å². The van der Waals surface area contributed by atoms with Crippen LogP contribution in [0, 0.1) is 5.92 Å². The van der Waals surface area contributed by atoms with Crippen molar-refractivity contribution in [1.29, 1.82) is 0 Å². The summed E-state index contributed by atoms with van der Waals surface area (Å²) in [5.41, 5.74) is 1.60. The third-order valence-electron chi connectivity index (χ3n) is 4.01. The first-order valence-corrected chi connectivity index (χ1v) is 7.76. The zero-order chi connectivity index (χ0) is 16.2. The van der Waals surface area contributed by atoms with Gasteiger partial charge in [0.05, 0.1) is 12.2 Å². The quantitative estimate of drug-likeness (QED) is 0.795. The van der Waals surface area contributed by atoms with Crippen molar-refractivity contribution in [2.45, 2.75) is 6.10 Å². The molecule has 4 heteroatoms. The lowest BCUT2D eigenvalue weighted by molar-refractivity contribution is 0.0537. The van der Waals surface area contributed by atoms with Crippen molar-refractivity contribution in [2.24, 2.45) is 5.92 Å². The van der Waals surface area contributed by atoms with Gasteiger partial charge in [0.2, 0.25) is 0 Å². The second kappa shape index (κ2) is 6.84. The molecule has 1 aliphatic rings. The number of benzene rings is 2. The molecule has 2 atom stereocenters. The van der Waals surface area contributed by atoms with Gasteiger partial charge in [0.1, 0.15) is 17.6 Å². The standard InChI is InChI=1S/C19H21NO3/c1-20(2)11-15-13-22-18-10-6-4-8-16(18)19(15)23-17-9-5-3-7-14(17)12-21/h3-10,12,15,19H,11,13H2,1-2H3/t15-,19-/m1/s1. The monoisotopic (exact) mass is 311 g/mol. The lowest BCUT2D eigenvalue weighted by atomic mass is 9.92. The van der Waals surface area contributed by atoms with Gasteiger partial charge in [-0.2, -0.15) is 0 Å². The molecule has 0 N–H and O–H groups in total. The molecule has 0 saturated heterocycles. The number of hydrogen-bond acceptors (Lipinski definition) is 4. The minimum Gasteiger partial charge on any atom is -0.493 e. The number of hydrogen-bond donors (Lipinski definition) is 0. The minimum atomic E-state index is -0.136. The molecule has 120 valence electrons. The number of aldehydes is 1. The molecule has 2 aromatic rings. The van der Waals surface area contributed by atoms with Crippen LogP contribution in [0.5, 0.6) is 11.5 Å². The largest absolute Gasteiger partial charge is 0.493 e. The van der Waals surface area contributed by atoms with Crippen LogP contribution in [-0.4, -0.2) is 38.4 Å². The van der Waals surface area contributed by atoms with Gasteiger partial charge in [-0.25, -0.2) is 0 Å². The maximum atomic E-state index is 11.3. The molecule has 2 aromatic carbocycles. The summed E-state index contributed by atoms with van der Waals surface area (Å²) in [6, 6.07) is 15.3. The summed E-state index contributed by atoms with van der Waals surface area (Å²) in [5.74, 6) is 1.67. The summed E-state index contributed by atoms with van der Waals surface area (Å²) >= 11 is 0. The van der Waals surface area contributed by atoms with Gasteiger partial charge in [-0.05, 0) is 32.3 Å². The number of nitrogens with zero attached hydrogens (tertiary/aromatic N) is 1. The fourth-order valence-electron chi connectivity index (χ4n) is 2.98. The molecule has 0 saturated carbocycles. The Kier molecular flexibility index (Phi) is 4.63. The Morgan fingerprint density at radius 3 is 2.70 bits per heavy atom. The number of para-hydroxylation sites is 2. The van der Waals surface area contributed by atoms with Crippen LogP contribution in [0.15, 0.2) is 48.5 Å². The number of rotatable bonds is 5. The molecule has 0 aromatic heterocycles. The third kappa shape index (κ3) is 3.37. The lowest BCUT2D eigenvalue weighted by Gasteiger charge is -2.35. The summed E-state index contributed by atoms with van der Waals surface area (Å²) in [6.07, 6.45) is 0.699. The van der Waals surface area contributed by atoms with Gasteiger partial charge in [0.15, 0.2) is 6.29 Å². The van der Waals surface area contributed by atoms with Crippen molar-refractivity contribution >= 4 is 6.29 Å². The second-order valence-electron chi connectivity index (χ2n) is 6.07. The van der Waals surface area contributed by atoms with Crippen LogP contribution in [0.3, 0.4) is 0 Å². The zero-order valence-electron chi connectivity index (χ0n) is 13.4. The molecule has 0 fully saturated rings. The molecule has 1 aliphatic heterocycles. The summed E-state index contributed by atoms with van der Waals surface area (Å²) in [7, 11) is 4.08. The van der Waals surface area contributed by atoms with Crippen LogP contribution in [0.2, 0.25) is 0 Å². The van der Waals surface area contributed by atoms with E-state index >= 15 is 0 Å². The first-order chi connectivity index (χ1) is 11.2. The maximum absolute atomic E-state index is 11.3. The van der Waals surface area contributed by atoms with Gasteiger partial charge >= 0.3 is 0 Å². The van der Waals surface area contributed by atoms with Crippen molar-refractivity contribution in [3.05, 3.63) is 59.7 Å². The SMILES string of the molecule is CN(C)C[C@@H]1COc2ccccc2[C@@H]1Oc1ccccc1C=O. The molecule has 0 amide bonds. The smallest absolute Gasteiger partial charge is 0.153 e. The van der Waals surface area contributed by atoms with Gasteiger partial charge in [-0.3, -0.25) is 4.79 Å². The first kappa shape index (κ1) is 15.6. The molecular formula is C19H21NO3. The summed E-state index contributed by atoms with van der Waals surface area (Å²) in [4.78, 5) is 13.4. The highest BCUT2D eigenvalue weighted by molar-refractivity contribution is 5.79. The molecule has 1 heterocycles. The molecule has 23 heavy (non-hydrogen) atoms. The Morgan fingerprint density at radius 2 is 1.91 bits per heavy atom. The van der Waals surface area contributed by atoms with E-state index in [0.29, 0.717) is 17.9 Å². The Hall–Kier alpha value is -2.33. The first-order valence-electron chi connectivity index (χ1n) is 7.76. The van der Waals surface area contributed by atoms with E-state index in [9.17, 15) is 4.79 Å². The topological polar surface area (TPSA) is 38.8 Å². The fourth-order valence-corrected chi connectivity index (χ4v) is 2.98. The number of ether oxygens (including phenoxy) is 2. The molecule has 4 nitrogen and oxygen atoms in total. The van der Waals surface area contributed by atoms with Gasteiger partial charge in [-0.15, -0.1) is 0 Å². The highest BCUT2D eigenvalue weighted by atomic mass is 16.5.